The number of imidazole rings is 1. The van der Waals surface area contributed by atoms with E-state index in [1.54, 1.807) is 49.6 Å². The number of rotatable bonds is 5. The molecule has 0 N–H and O–H groups in total. The second-order valence-electron chi connectivity index (χ2n) is 5.99. The molecular weight excluding hydrogens is 418 g/mol. The Morgan fingerprint density at radius 2 is 1.88 bits per heavy atom. The third kappa shape index (κ3) is 3.31. The molecule has 0 unspecified atom stereocenters. The first-order chi connectivity index (χ1) is 12.3. The molecule has 138 valence electrons. The molecule has 0 fully saturated rings. The minimum absolute atomic E-state index is 0.115. The summed E-state index contributed by atoms with van der Waals surface area (Å²) in [6, 6.07) is 3.41. The normalized spacial score (nSPS) is 11.0. The second kappa shape index (κ2) is 7.28. The number of carbonyl (C=O) groups excluding carboxylic acids is 1. The lowest BCUT2D eigenvalue weighted by molar-refractivity contribution is 0.0782. The van der Waals surface area contributed by atoms with E-state index < -0.39 is 0 Å². The summed E-state index contributed by atoms with van der Waals surface area (Å²) in [5.41, 5.74) is 2.45. The summed E-state index contributed by atoms with van der Waals surface area (Å²) in [4.78, 5) is 21.3. The zero-order valence-electron chi connectivity index (χ0n) is 15.3. The maximum Gasteiger partial charge on any atom is 0.254 e. The van der Waals surface area contributed by atoms with Crippen LogP contribution in [-0.4, -0.2) is 41.5 Å². The Labute approximate surface area is 164 Å². The summed E-state index contributed by atoms with van der Waals surface area (Å²) in [6.07, 6.45) is 2.05. The highest BCUT2D eigenvalue weighted by molar-refractivity contribution is 9.10. The largest absolute Gasteiger partial charge is 0.495 e. The molecular formula is C18H20BrN3O3S. The van der Waals surface area contributed by atoms with Crippen molar-refractivity contribution in [1.29, 1.82) is 0 Å². The molecule has 1 aromatic carbocycles. The van der Waals surface area contributed by atoms with Crippen LogP contribution in [-0.2, 0) is 6.54 Å². The molecule has 6 nitrogen and oxygen atoms in total. The van der Waals surface area contributed by atoms with Gasteiger partial charge in [-0.2, -0.15) is 0 Å². The maximum absolute atomic E-state index is 12.9. The Morgan fingerprint density at radius 1 is 1.27 bits per heavy atom. The van der Waals surface area contributed by atoms with Gasteiger partial charge >= 0.3 is 0 Å². The number of hydrogen-bond donors (Lipinski definition) is 0. The number of halogens is 1. The average molecular weight is 438 g/mol. The Hall–Kier alpha value is -2.06. The van der Waals surface area contributed by atoms with Gasteiger partial charge in [-0.3, -0.25) is 9.20 Å². The van der Waals surface area contributed by atoms with Crippen LogP contribution < -0.4 is 9.47 Å². The summed E-state index contributed by atoms with van der Waals surface area (Å²) in [7, 11) is 4.90. The molecule has 0 radical (unpaired) electrons. The van der Waals surface area contributed by atoms with E-state index in [9.17, 15) is 4.79 Å². The van der Waals surface area contributed by atoms with Crippen molar-refractivity contribution in [2.45, 2.75) is 20.4 Å². The van der Waals surface area contributed by atoms with Crippen LogP contribution in [0.3, 0.4) is 0 Å². The minimum Gasteiger partial charge on any atom is -0.495 e. The van der Waals surface area contributed by atoms with Crippen LogP contribution in [0.25, 0.3) is 4.96 Å². The molecule has 0 aliphatic carbocycles. The number of thiazole rings is 1. The van der Waals surface area contributed by atoms with Gasteiger partial charge in [0.1, 0.15) is 16.0 Å². The highest BCUT2D eigenvalue weighted by Crippen LogP contribution is 2.36. The van der Waals surface area contributed by atoms with Crippen molar-refractivity contribution in [3.8, 4) is 11.5 Å². The fourth-order valence-electron chi connectivity index (χ4n) is 2.81. The molecule has 2 aromatic heterocycles. The second-order valence-corrected chi connectivity index (χ2v) is 8.00. The number of nitrogens with zero attached hydrogens (tertiary/aromatic N) is 3. The van der Waals surface area contributed by atoms with Gasteiger partial charge < -0.3 is 14.4 Å². The molecule has 26 heavy (non-hydrogen) atoms. The van der Waals surface area contributed by atoms with Crippen molar-refractivity contribution in [2.75, 3.05) is 21.3 Å². The number of methoxy groups -OCH3 is 2. The van der Waals surface area contributed by atoms with Gasteiger partial charge in [0.2, 0.25) is 0 Å². The third-order valence-corrected chi connectivity index (χ3v) is 5.85. The Balaban J connectivity index is 1.91. The predicted molar refractivity (Wildman–Crippen MR) is 106 cm³/mol. The first-order valence-electron chi connectivity index (χ1n) is 7.96. The topological polar surface area (TPSA) is 56.1 Å². The highest BCUT2D eigenvalue weighted by atomic mass is 79.9. The van der Waals surface area contributed by atoms with Crippen LogP contribution in [0.15, 0.2) is 22.8 Å². The van der Waals surface area contributed by atoms with Gasteiger partial charge in [0.15, 0.2) is 4.96 Å². The summed E-state index contributed by atoms with van der Waals surface area (Å²) >= 11 is 5.06. The van der Waals surface area contributed by atoms with E-state index in [0.717, 1.165) is 16.3 Å². The van der Waals surface area contributed by atoms with Crippen LogP contribution in [0.4, 0.5) is 0 Å². The fraction of sp³-hybridized carbons (Fsp3) is 0.333. The van der Waals surface area contributed by atoms with Gasteiger partial charge in [0.25, 0.3) is 5.91 Å². The smallest absolute Gasteiger partial charge is 0.254 e. The highest BCUT2D eigenvalue weighted by Gasteiger charge is 2.20. The van der Waals surface area contributed by atoms with E-state index in [0.29, 0.717) is 28.1 Å². The lowest BCUT2D eigenvalue weighted by Gasteiger charge is -2.19. The molecule has 0 aliphatic rings. The number of aryl methyl sites for hydroxylation is 2. The third-order valence-electron chi connectivity index (χ3n) is 4.17. The van der Waals surface area contributed by atoms with Crippen LogP contribution in [0.5, 0.6) is 11.5 Å². The molecule has 0 atom stereocenters. The van der Waals surface area contributed by atoms with Gasteiger partial charge in [-0.1, -0.05) is 0 Å². The van der Waals surface area contributed by atoms with Crippen LogP contribution in [0.1, 0.15) is 26.6 Å². The van der Waals surface area contributed by atoms with Crippen molar-refractivity contribution in [1.82, 2.24) is 14.3 Å². The number of benzene rings is 1. The summed E-state index contributed by atoms with van der Waals surface area (Å²) in [5, 5.41) is 0. The quantitative estimate of drug-likeness (QED) is 0.603. The zero-order chi connectivity index (χ0) is 19.0. The molecule has 0 bridgehead atoms. The molecule has 1 amide bonds. The monoisotopic (exact) mass is 437 g/mol. The average Bonchev–Trinajstić information content (AvgIpc) is 3.10. The molecule has 8 heteroatoms. The van der Waals surface area contributed by atoms with Gasteiger partial charge in [0.05, 0.1) is 32.2 Å². The molecule has 0 saturated carbocycles. The van der Waals surface area contributed by atoms with E-state index >= 15 is 0 Å². The minimum atomic E-state index is -0.115. The van der Waals surface area contributed by atoms with Crippen LogP contribution in [0.2, 0.25) is 0 Å². The Bertz CT molecular complexity index is 955. The summed E-state index contributed by atoms with van der Waals surface area (Å²) in [5.74, 6) is 0.991. The Kier molecular flexibility index (Phi) is 5.24. The number of fused-ring (bicyclic) bond motifs is 1. The zero-order valence-corrected chi connectivity index (χ0v) is 17.7. The number of aromatic nitrogens is 2. The van der Waals surface area contributed by atoms with Gasteiger partial charge in [-0.25, -0.2) is 4.98 Å². The number of hydrogen-bond acceptors (Lipinski definition) is 5. The number of carbonyl (C=O) groups is 1. The van der Waals surface area contributed by atoms with Crippen molar-refractivity contribution >= 4 is 38.1 Å². The van der Waals surface area contributed by atoms with Gasteiger partial charge in [-0.15, -0.1) is 11.3 Å². The molecule has 3 aromatic rings. The van der Waals surface area contributed by atoms with Crippen molar-refractivity contribution in [3.05, 3.63) is 44.6 Å². The molecule has 2 heterocycles. The lowest BCUT2D eigenvalue weighted by Crippen LogP contribution is -2.27. The lowest BCUT2D eigenvalue weighted by atomic mass is 10.1. The number of ether oxygens (including phenoxy) is 2. The summed E-state index contributed by atoms with van der Waals surface area (Å²) in [6.45, 7) is 4.48. The maximum atomic E-state index is 12.9. The van der Waals surface area contributed by atoms with E-state index in [2.05, 4.69) is 31.5 Å². The molecule has 3 rings (SSSR count). The predicted octanol–water partition coefficient (Wildman–Crippen LogP) is 4.06. The number of amides is 1. The first kappa shape index (κ1) is 18.7. The molecule has 0 aliphatic heterocycles. The van der Waals surface area contributed by atoms with Crippen LogP contribution >= 0.6 is 27.3 Å². The van der Waals surface area contributed by atoms with Crippen LogP contribution in [0, 0.1) is 13.8 Å². The van der Waals surface area contributed by atoms with E-state index in [1.807, 2.05) is 13.8 Å². The van der Waals surface area contributed by atoms with Crippen molar-refractivity contribution in [3.63, 3.8) is 0 Å². The first-order valence-corrected chi connectivity index (χ1v) is 9.57. The Morgan fingerprint density at radius 3 is 2.46 bits per heavy atom. The standard InChI is InChI=1S/C18H20BrN3O3S/c1-10-8-22-13(11(2)20-18(22)26-10)9-21(3)17(23)12-6-14(24-4)16(19)15(7-12)25-5/h6-8H,9H2,1-5H3. The van der Waals surface area contributed by atoms with Gasteiger partial charge in [0, 0.05) is 23.7 Å². The van der Waals surface area contributed by atoms with E-state index in [1.165, 1.54) is 4.88 Å². The van der Waals surface area contributed by atoms with E-state index in [4.69, 9.17) is 9.47 Å². The summed E-state index contributed by atoms with van der Waals surface area (Å²) < 4.78 is 13.4. The SMILES string of the molecule is COc1cc(C(=O)N(C)Cc2c(C)nc3sc(C)cn23)cc(OC)c1Br. The van der Waals surface area contributed by atoms with Crippen molar-refractivity contribution < 1.29 is 14.3 Å². The molecule has 0 saturated heterocycles. The van der Waals surface area contributed by atoms with E-state index in [-0.39, 0.29) is 5.91 Å². The van der Waals surface area contributed by atoms with Gasteiger partial charge in [-0.05, 0) is 41.9 Å². The molecule has 0 spiro atoms. The van der Waals surface area contributed by atoms with Crippen molar-refractivity contribution in [2.24, 2.45) is 0 Å². The fourth-order valence-corrected chi connectivity index (χ4v) is 4.25.